The molecule has 0 aliphatic carbocycles. The van der Waals surface area contributed by atoms with Crippen LogP contribution in [-0.4, -0.2) is 59.9 Å². The van der Waals surface area contributed by atoms with Gasteiger partial charge in [-0.1, -0.05) is 25.0 Å². The lowest BCUT2D eigenvalue weighted by atomic mass is 10.2. The Labute approximate surface area is 148 Å². The highest BCUT2D eigenvalue weighted by Gasteiger charge is 2.09. The van der Waals surface area contributed by atoms with Crippen LogP contribution in [0.2, 0.25) is 0 Å². The van der Waals surface area contributed by atoms with Crippen molar-refractivity contribution in [1.82, 2.24) is 4.90 Å². The van der Waals surface area contributed by atoms with Gasteiger partial charge in [0.25, 0.3) is 0 Å². The molecule has 1 fully saturated rings. The second kappa shape index (κ2) is 12.1. The number of carboxylic acids is 2. The van der Waals surface area contributed by atoms with Gasteiger partial charge in [-0.05, 0) is 45.0 Å². The normalized spacial score (nSPS) is 14.6. The first-order valence-electron chi connectivity index (χ1n) is 8.57. The Kier molecular flexibility index (Phi) is 10.1. The SMILES string of the molecule is CCOc1ccccc1OCCN1CCCCCC1.O=C(O)C(=O)O. The molecule has 7 heteroatoms. The van der Waals surface area contributed by atoms with Crippen LogP contribution in [0.4, 0.5) is 0 Å². The first-order valence-corrected chi connectivity index (χ1v) is 8.57. The number of rotatable bonds is 6. The number of likely N-dealkylation sites (tertiary alicyclic amines) is 1. The zero-order chi connectivity index (χ0) is 18.5. The summed E-state index contributed by atoms with van der Waals surface area (Å²) in [6.45, 7) is 6.86. The van der Waals surface area contributed by atoms with E-state index in [1.165, 1.54) is 38.8 Å². The van der Waals surface area contributed by atoms with E-state index in [9.17, 15) is 0 Å². The smallest absolute Gasteiger partial charge is 0.414 e. The fourth-order valence-electron chi connectivity index (χ4n) is 2.49. The first-order chi connectivity index (χ1) is 12.0. The van der Waals surface area contributed by atoms with E-state index in [1.54, 1.807) is 0 Å². The standard InChI is InChI=1S/C16H25NO2.C2H2O4/c1-2-18-15-9-5-6-10-16(15)19-14-13-17-11-7-3-4-8-12-17;3-1(4)2(5)6/h5-6,9-10H,2-4,7-8,11-14H2,1H3;(H,3,4)(H,5,6). The average Bonchev–Trinajstić information content (AvgIpc) is 2.86. The highest BCUT2D eigenvalue weighted by Crippen LogP contribution is 2.26. The van der Waals surface area contributed by atoms with Gasteiger partial charge in [0.2, 0.25) is 0 Å². The molecular formula is C18H27NO6. The number of hydrogen-bond donors (Lipinski definition) is 2. The predicted octanol–water partition coefficient (Wildman–Crippen LogP) is 2.50. The molecule has 0 unspecified atom stereocenters. The highest BCUT2D eigenvalue weighted by atomic mass is 16.5. The van der Waals surface area contributed by atoms with Gasteiger partial charge in [-0.3, -0.25) is 4.90 Å². The van der Waals surface area contributed by atoms with E-state index in [-0.39, 0.29) is 0 Å². The quantitative estimate of drug-likeness (QED) is 0.759. The molecule has 1 aliphatic rings. The minimum Gasteiger partial charge on any atom is -0.490 e. The van der Waals surface area contributed by atoms with Crippen molar-refractivity contribution in [3.05, 3.63) is 24.3 Å². The Morgan fingerprint density at radius 3 is 1.96 bits per heavy atom. The van der Waals surface area contributed by atoms with E-state index < -0.39 is 11.9 Å². The summed E-state index contributed by atoms with van der Waals surface area (Å²) in [4.78, 5) is 20.7. The van der Waals surface area contributed by atoms with E-state index in [1.807, 2.05) is 31.2 Å². The summed E-state index contributed by atoms with van der Waals surface area (Å²) in [6.07, 6.45) is 5.42. The number of benzene rings is 1. The Morgan fingerprint density at radius 1 is 0.960 bits per heavy atom. The molecule has 0 bridgehead atoms. The Balaban J connectivity index is 0.000000450. The molecule has 0 spiro atoms. The van der Waals surface area contributed by atoms with Gasteiger partial charge in [0.1, 0.15) is 6.61 Å². The molecule has 1 aromatic carbocycles. The number of carbonyl (C=O) groups is 2. The Hall–Kier alpha value is -2.28. The predicted molar refractivity (Wildman–Crippen MR) is 93.3 cm³/mol. The zero-order valence-electron chi connectivity index (χ0n) is 14.6. The van der Waals surface area contributed by atoms with Crippen LogP contribution in [0.25, 0.3) is 0 Å². The number of para-hydroxylation sites is 2. The summed E-state index contributed by atoms with van der Waals surface area (Å²) in [6, 6.07) is 7.91. The Morgan fingerprint density at radius 2 is 1.48 bits per heavy atom. The molecule has 2 N–H and O–H groups in total. The summed E-state index contributed by atoms with van der Waals surface area (Å²) in [5.74, 6) is -1.94. The van der Waals surface area contributed by atoms with Gasteiger partial charge in [0.05, 0.1) is 6.61 Å². The number of carboxylic acid groups (broad SMARTS) is 2. The minimum atomic E-state index is -1.82. The molecule has 0 radical (unpaired) electrons. The van der Waals surface area contributed by atoms with Crippen LogP contribution in [0.1, 0.15) is 32.6 Å². The van der Waals surface area contributed by atoms with Crippen LogP contribution in [0.3, 0.4) is 0 Å². The average molecular weight is 353 g/mol. The van der Waals surface area contributed by atoms with Gasteiger partial charge in [-0.25, -0.2) is 9.59 Å². The van der Waals surface area contributed by atoms with Crippen LogP contribution in [0.15, 0.2) is 24.3 Å². The van der Waals surface area contributed by atoms with Crippen molar-refractivity contribution >= 4 is 11.9 Å². The number of hydrogen-bond acceptors (Lipinski definition) is 5. The van der Waals surface area contributed by atoms with E-state index >= 15 is 0 Å². The highest BCUT2D eigenvalue weighted by molar-refractivity contribution is 6.27. The van der Waals surface area contributed by atoms with Crippen LogP contribution in [-0.2, 0) is 9.59 Å². The van der Waals surface area contributed by atoms with Crippen molar-refractivity contribution in [3.63, 3.8) is 0 Å². The third-order valence-corrected chi connectivity index (χ3v) is 3.70. The molecular weight excluding hydrogens is 326 g/mol. The molecule has 1 heterocycles. The van der Waals surface area contributed by atoms with E-state index in [0.717, 1.165) is 24.7 Å². The van der Waals surface area contributed by atoms with Gasteiger partial charge in [0, 0.05) is 6.54 Å². The van der Waals surface area contributed by atoms with Crippen LogP contribution in [0.5, 0.6) is 11.5 Å². The summed E-state index contributed by atoms with van der Waals surface area (Å²) >= 11 is 0. The molecule has 0 amide bonds. The number of ether oxygens (including phenoxy) is 2. The summed E-state index contributed by atoms with van der Waals surface area (Å²) in [5.41, 5.74) is 0. The molecule has 25 heavy (non-hydrogen) atoms. The molecule has 0 saturated carbocycles. The molecule has 2 rings (SSSR count). The molecule has 1 aromatic rings. The molecule has 7 nitrogen and oxygen atoms in total. The van der Waals surface area contributed by atoms with Crippen molar-refractivity contribution in [2.45, 2.75) is 32.6 Å². The fraction of sp³-hybridized carbons (Fsp3) is 0.556. The monoisotopic (exact) mass is 353 g/mol. The maximum absolute atomic E-state index is 9.10. The summed E-state index contributed by atoms with van der Waals surface area (Å²) in [7, 11) is 0. The van der Waals surface area contributed by atoms with Crippen molar-refractivity contribution in [2.75, 3.05) is 32.8 Å². The largest absolute Gasteiger partial charge is 0.490 e. The van der Waals surface area contributed by atoms with Crippen molar-refractivity contribution in [1.29, 1.82) is 0 Å². The topological polar surface area (TPSA) is 96.3 Å². The minimum absolute atomic E-state index is 0.673. The van der Waals surface area contributed by atoms with Crippen LogP contribution in [0, 0.1) is 0 Å². The van der Waals surface area contributed by atoms with Crippen LogP contribution < -0.4 is 9.47 Å². The maximum atomic E-state index is 9.10. The number of nitrogens with zero attached hydrogens (tertiary/aromatic N) is 1. The second-order valence-electron chi connectivity index (χ2n) is 5.59. The molecule has 140 valence electrons. The molecule has 0 atom stereocenters. The van der Waals surface area contributed by atoms with E-state index in [2.05, 4.69) is 4.90 Å². The fourth-order valence-corrected chi connectivity index (χ4v) is 2.49. The molecule has 1 saturated heterocycles. The summed E-state index contributed by atoms with van der Waals surface area (Å²) < 4.78 is 11.4. The van der Waals surface area contributed by atoms with Gasteiger partial charge in [-0.15, -0.1) is 0 Å². The Bertz CT molecular complexity index is 514. The van der Waals surface area contributed by atoms with Crippen molar-refractivity contribution in [2.24, 2.45) is 0 Å². The third-order valence-electron chi connectivity index (χ3n) is 3.70. The van der Waals surface area contributed by atoms with Crippen molar-refractivity contribution in [3.8, 4) is 11.5 Å². The molecule has 1 aliphatic heterocycles. The van der Waals surface area contributed by atoms with Gasteiger partial charge < -0.3 is 19.7 Å². The maximum Gasteiger partial charge on any atom is 0.414 e. The zero-order valence-corrected chi connectivity index (χ0v) is 14.6. The lowest BCUT2D eigenvalue weighted by molar-refractivity contribution is -0.159. The number of aliphatic carboxylic acids is 2. The van der Waals surface area contributed by atoms with Gasteiger partial charge in [-0.2, -0.15) is 0 Å². The first kappa shape index (κ1) is 20.8. The van der Waals surface area contributed by atoms with Crippen LogP contribution >= 0.6 is 0 Å². The lowest BCUT2D eigenvalue weighted by Crippen LogP contribution is -2.29. The summed E-state index contributed by atoms with van der Waals surface area (Å²) in [5, 5.41) is 14.8. The van der Waals surface area contributed by atoms with E-state index in [0.29, 0.717) is 6.61 Å². The van der Waals surface area contributed by atoms with Gasteiger partial charge in [0.15, 0.2) is 11.5 Å². The molecule has 0 aromatic heterocycles. The third kappa shape index (κ3) is 8.95. The second-order valence-corrected chi connectivity index (χ2v) is 5.59. The lowest BCUT2D eigenvalue weighted by Gasteiger charge is -2.20. The van der Waals surface area contributed by atoms with Crippen molar-refractivity contribution < 1.29 is 29.3 Å². The van der Waals surface area contributed by atoms with Gasteiger partial charge >= 0.3 is 11.9 Å². The van der Waals surface area contributed by atoms with E-state index in [4.69, 9.17) is 29.3 Å².